The number of hydrogen-bond acceptors (Lipinski definition) is 2. The smallest absolute Gasteiger partial charge is 0.247 e. The standard InChI is InChI=1S/C22H25FN2O2/c1-22(2,3)17-11-8-15(9-12-17)10-13-19(26)25(4)20(21(24)27)16-6-5-7-18(23)14-16/h5-14,20H,1-4H3,(H2,24,27)/b13-10+. The molecule has 0 aromatic heterocycles. The van der Waals surface area contributed by atoms with Gasteiger partial charge in [0, 0.05) is 13.1 Å². The molecule has 142 valence electrons. The molecular formula is C22H25FN2O2. The molecule has 0 saturated heterocycles. The number of carbonyl (C=O) groups is 2. The van der Waals surface area contributed by atoms with Crippen LogP contribution in [0.2, 0.25) is 0 Å². The average Bonchev–Trinajstić information content (AvgIpc) is 2.59. The fraction of sp³-hybridized carbons (Fsp3) is 0.273. The molecule has 2 amide bonds. The molecule has 2 aromatic rings. The lowest BCUT2D eigenvalue weighted by molar-refractivity contribution is -0.134. The maximum absolute atomic E-state index is 13.5. The number of hydrogen-bond donors (Lipinski definition) is 1. The predicted octanol–water partition coefficient (Wildman–Crippen LogP) is 3.82. The Labute approximate surface area is 159 Å². The first-order chi connectivity index (χ1) is 12.6. The molecule has 0 radical (unpaired) electrons. The predicted molar refractivity (Wildman–Crippen MR) is 105 cm³/mol. The van der Waals surface area contributed by atoms with Gasteiger partial charge in [0.2, 0.25) is 11.8 Å². The van der Waals surface area contributed by atoms with E-state index in [4.69, 9.17) is 5.73 Å². The molecule has 1 unspecified atom stereocenters. The fourth-order valence-electron chi connectivity index (χ4n) is 2.76. The lowest BCUT2D eigenvalue weighted by Gasteiger charge is -2.25. The van der Waals surface area contributed by atoms with Crippen molar-refractivity contribution < 1.29 is 14.0 Å². The molecule has 0 saturated carbocycles. The number of halogens is 1. The zero-order chi connectivity index (χ0) is 20.2. The molecule has 4 nitrogen and oxygen atoms in total. The summed E-state index contributed by atoms with van der Waals surface area (Å²) in [6.45, 7) is 6.39. The summed E-state index contributed by atoms with van der Waals surface area (Å²) in [5.41, 5.74) is 7.89. The normalized spacial score (nSPS) is 12.8. The van der Waals surface area contributed by atoms with Crippen LogP contribution in [0.1, 0.15) is 43.5 Å². The molecule has 1 atom stereocenters. The van der Waals surface area contributed by atoms with E-state index in [1.165, 1.54) is 41.8 Å². The molecule has 2 N–H and O–H groups in total. The van der Waals surface area contributed by atoms with E-state index in [2.05, 4.69) is 20.8 Å². The lowest BCUT2D eigenvalue weighted by Crippen LogP contribution is -2.38. The third kappa shape index (κ3) is 5.26. The Morgan fingerprint density at radius 3 is 2.26 bits per heavy atom. The number of amides is 2. The summed E-state index contributed by atoms with van der Waals surface area (Å²) in [5.74, 6) is -1.61. The molecule has 5 heteroatoms. The summed E-state index contributed by atoms with van der Waals surface area (Å²) in [7, 11) is 1.47. The number of nitrogens with zero attached hydrogens (tertiary/aromatic N) is 1. The van der Waals surface area contributed by atoms with Crippen LogP contribution in [0.3, 0.4) is 0 Å². The van der Waals surface area contributed by atoms with Gasteiger partial charge >= 0.3 is 0 Å². The highest BCUT2D eigenvalue weighted by atomic mass is 19.1. The van der Waals surface area contributed by atoms with Crippen molar-refractivity contribution in [2.75, 3.05) is 7.05 Å². The van der Waals surface area contributed by atoms with E-state index in [0.717, 1.165) is 5.56 Å². The van der Waals surface area contributed by atoms with Crippen LogP contribution in [-0.4, -0.2) is 23.8 Å². The van der Waals surface area contributed by atoms with E-state index in [1.54, 1.807) is 12.1 Å². The summed E-state index contributed by atoms with van der Waals surface area (Å²) in [5, 5.41) is 0. The van der Waals surface area contributed by atoms with Crippen LogP contribution < -0.4 is 5.73 Å². The Kier molecular flexibility index (Phi) is 6.16. The van der Waals surface area contributed by atoms with Crippen molar-refractivity contribution in [1.82, 2.24) is 4.90 Å². The number of rotatable bonds is 5. The van der Waals surface area contributed by atoms with Gasteiger partial charge in [0.15, 0.2) is 0 Å². The second-order valence-electron chi connectivity index (χ2n) is 7.51. The third-order valence-electron chi connectivity index (χ3n) is 4.36. The number of carbonyl (C=O) groups excluding carboxylic acids is 2. The van der Waals surface area contributed by atoms with Crippen molar-refractivity contribution in [2.45, 2.75) is 32.2 Å². The SMILES string of the molecule is CN(C(=O)/C=C/c1ccc(C(C)(C)C)cc1)C(C(N)=O)c1cccc(F)c1. The van der Waals surface area contributed by atoms with Gasteiger partial charge < -0.3 is 10.6 Å². The van der Waals surface area contributed by atoms with Crippen LogP contribution in [0.4, 0.5) is 4.39 Å². The molecule has 0 bridgehead atoms. The quantitative estimate of drug-likeness (QED) is 0.816. The molecule has 0 heterocycles. The maximum Gasteiger partial charge on any atom is 0.247 e. The summed E-state index contributed by atoms with van der Waals surface area (Å²) in [6.07, 6.45) is 3.05. The fourth-order valence-corrected chi connectivity index (χ4v) is 2.76. The molecule has 0 spiro atoms. The highest BCUT2D eigenvalue weighted by Crippen LogP contribution is 2.23. The number of benzene rings is 2. The number of likely N-dealkylation sites (N-methyl/N-ethyl adjacent to an activating group) is 1. The van der Waals surface area contributed by atoms with Crippen molar-refractivity contribution in [3.05, 3.63) is 77.1 Å². The van der Waals surface area contributed by atoms with Crippen LogP contribution in [-0.2, 0) is 15.0 Å². The third-order valence-corrected chi connectivity index (χ3v) is 4.36. The zero-order valence-electron chi connectivity index (χ0n) is 16.1. The van der Waals surface area contributed by atoms with Crippen molar-refractivity contribution in [2.24, 2.45) is 5.73 Å². The Hall–Kier alpha value is -2.95. The van der Waals surface area contributed by atoms with Crippen molar-refractivity contribution in [3.63, 3.8) is 0 Å². The van der Waals surface area contributed by atoms with E-state index in [1.807, 2.05) is 24.3 Å². The molecular weight excluding hydrogens is 343 g/mol. The average molecular weight is 368 g/mol. The minimum absolute atomic E-state index is 0.0535. The van der Waals surface area contributed by atoms with E-state index in [0.29, 0.717) is 5.56 Å². The maximum atomic E-state index is 13.5. The highest BCUT2D eigenvalue weighted by molar-refractivity contribution is 5.95. The molecule has 0 aliphatic carbocycles. The first-order valence-corrected chi connectivity index (χ1v) is 8.70. The van der Waals surface area contributed by atoms with Gasteiger partial charge in [0.05, 0.1) is 0 Å². The van der Waals surface area contributed by atoms with E-state index < -0.39 is 23.7 Å². The second-order valence-corrected chi connectivity index (χ2v) is 7.51. The van der Waals surface area contributed by atoms with Gasteiger partial charge in [-0.25, -0.2) is 4.39 Å². The zero-order valence-corrected chi connectivity index (χ0v) is 16.1. The molecule has 2 aromatic carbocycles. The van der Waals surface area contributed by atoms with Gasteiger partial charge in [-0.1, -0.05) is 57.2 Å². The molecule has 0 fully saturated rings. The minimum atomic E-state index is -1.04. The topological polar surface area (TPSA) is 63.4 Å². The Bertz CT molecular complexity index is 851. The van der Waals surface area contributed by atoms with Crippen LogP contribution >= 0.6 is 0 Å². The first-order valence-electron chi connectivity index (χ1n) is 8.70. The summed E-state index contributed by atoms with van der Waals surface area (Å²) in [4.78, 5) is 25.5. The van der Waals surface area contributed by atoms with E-state index in [-0.39, 0.29) is 5.41 Å². The van der Waals surface area contributed by atoms with Crippen LogP contribution in [0.5, 0.6) is 0 Å². The largest absolute Gasteiger partial charge is 0.368 e. The Morgan fingerprint density at radius 1 is 1.11 bits per heavy atom. The van der Waals surface area contributed by atoms with Gasteiger partial charge in [0.25, 0.3) is 0 Å². The van der Waals surface area contributed by atoms with Crippen molar-refractivity contribution in [1.29, 1.82) is 0 Å². The second kappa shape index (κ2) is 8.16. The first kappa shape index (κ1) is 20.4. The summed E-state index contributed by atoms with van der Waals surface area (Å²) in [6, 6.07) is 12.4. The van der Waals surface area contributed by atoms with Gasteiger partial charge in [-0.2, -0.15) is 0 Å². The van der Waals surface area contributed by atoms with Crippen molar-refractivity contribution >= 4 is 17.9 Å². The molecule has 0 aliphatic heterocycles. The van der Waals surface area contributed by atoms with Crippen LogP contribution in [0, 0.1) is 5.82 Å². The molecule has 0 aliphatic rings. The van der Waals surface area contributed by atoms with E-state index >= 15 is 0 Å². The minimum Gasteiger partial charge on any atom is -0.368 e. The Balaban J connectivity index is 2.17. The van der Waals surface area contributed by atoms with Gasteiger partial charge in [0.1, 0.15) is 11.9 Å². The molecule has 2 rings (SSSR count). The Morgan fingerprint density at radius 2 is 1.74 bits per heavy atom. The molecule has 27 heavy (non-hydrogen) atoms. The van der Waals surface area contributed by atoms with Gasteiger partial charge in [-0.15, -0.1) is 0 Å². The monoisotopic (exact) mass is 368 g/mol. The van der Waals surface area contributed by atoms with Crippen molar-refractivity contribution in [3.8, 4) is 0 Å². The summed E-state index contributed by atoms with van der Waals surface area (Å²) >= 11 is 0. The number of primary amides is 1. The summed E-state index contributed by atoms with van der Waals surface area (Å²) < 4.78 is 13.5. The van der Waals surface area contributed by atoms with Gasteiger partial charge in [-0.05, 0) is 40.3 Å². The van der Waals surface area contributed by atoms with Gasteiger partial charge in [-0.3, -0.25) is 9.59 Å². The number of nitrogens with two attached hydrogens (primary N) is 1. The van der Waals surface area contributed by atoms with E-state index in [9.17, 15) is 14.0 Å². The lowest BCUT2D eigenvalue weighted by atomic mass is 9.87. The van der Waals surface area contributed by atoms with Crippen LogP contribution in [0.25, 0.3) is 6.08 Å². The van der Waals surface area contributed by atoms with Crippen LogP contribution in [0.15, 0.2) is 54.6 Å². The highest BCUT2D eigenvalue weighted by Gasteiger charge is 2.25.